The van der Waals surface area contributed by atoms with E-state index in [1.165, 1.54) is 37.7 Å². The maximum atomic E-state index is 12.0. The summed E-state index contributed by atoms with van der Waals surface area (Å²) in [5.74, 6) is -0.0232. The summed E-state index contributed by atoms with van der Waals surface area (Å²) in [5, 5.41) is 2.59. The van der Waals surface area contributed by atoms with Gasteiger partial charge in [-0.1, -0.05) is 31.4 Å². The molecule has 1 N–H and O–H groups in total. The summed E-state index contributed by atoms with van der Waals surface area (Å²) in [7, 11) is 0. The molecule has 120 valence electrons. The number of nitrogens with one attached hydrogen (secondary N) is 1. The SMILES string of the molecule is CC(C)OC(=O)CNC(=O)c1ccc(C2CCCCC2)cc1. The lowest BCUT2D eigenvalue weighted by Gasteiger charge is -2.22. The zero-order chi connectivity index (χ0) is 15.9. The van der Waals surface area contributed by atoms with Gasteiger partial charge in [0.1, 0.15) is 6.54 Å². The molecule has 1 aromatic carbocycles. The summed E-state index contributed by atoms with van der Waals surface area (Å²) < 4.78 is 4.98. The number of rotatable bonds is 5. The Labute approximate surface area is 132 Å². The van der Waals surface area contributed by atoms with E-state index >= 15 is 0 Å². The molecule has 0 unspecified atom stereocenters. The number of ether oxygens (including phenoxy) is 1. The van der Waals surface area contributed by atoms with Crippen LogP contribution in [0.1, 0.15) is 67.8 Å². The second-order valence-corrected chi connectivity index (χ2v) is 6.18. The molecule has 0 radical (unpaired) electrons. The second kappa shape index (κ2) is 7.97. The number of carbonyl (C=O) groups is 2. The van der Waals surface area contributed by atoms with Crippen LogP contribution in [0.25, 0.3) is 0 Å². The fourth-order valence-electron chi connectivity index (χ4n) is 2.90. The Kier molecular flexibility index (Phi) is 5.99. The Balaban J connectivity index is 1.86. The first-order valence-corrected chi connectivity index (χ1v) is 8.14. The number of amides is 1. The molecule has 1 saturated carbocycles. The zero-order valence-corrected chi connectivity index (χ0v) is 13.4. The van der Waals surface area contributed by atoms with Crippen LogP contribution in [-0.4, -0.2) is 24.5 Å². The van der Waals surface area contributed by atoms with Gasteiger partial charge in [-0.05, 0) is 50.3 Å². The van der Waals surface area contributed by atoms with Crippen LogP contribution in [0, 0.1) is 0 Å². The molecule has 1 aromatic rings. The van der Waals surface area contributed by atoms with E-state index in [9.17, 15) is 9.59 Å². The molecular weight excluding hydrogens is 278 g/mol. The highest BCUT2D eigenvalue weighted by molar-refractivity contribution is 5.95. The Morgan fingerprint density at radius 3 is 2.36 bits per heavy atom. The van der Waals surface area contributed by atoms with Gasteiger partial charge in [0, 0.05) is 5.56 Å². The minimum Gasteiger partial charge on any atom is -0.462 e. The van der Waals surface area contributed by atoms with E-state index in [4.69, 9.17) is 4.74 Å². The monoisotopic (exact) mass is 303 g/mol. The third-order valence-corrected chi connectivity index (χ3v) is 4.01. The molecule has 0 heterocycles. The average molecular weight is 303 g/mol. The molecule has 0 bridgehead atoms. The van der Waals surface area contributed by atoms with E-state index in [1.807, 2.05) is 24.3 Å². The summed E-state index contributed by atoms with van der Waals surface area (Å²) in [4.78, 5) is 23.4. The van der Waals surface area contributed by atoms with Crippen molar-refractivity contribution < 1.29 is 14.3 Å². The van der Waals surface area contributed by atoms with Crippen LogP contribution in [0.3, 0.4) is 0 Å². The average Bonchev–Trinajstić information content (AvgIpc) is 2.53. The first-order valence-electron chi connectivity index (χ1n) is 8.14. The summed E-state index contributed by atoms with van der Waals surface area (Å²) in [6.45, 7) is 3.47. The Bertz CT molecular complexity index is 502. The van der Waals surface area contributed by atoms with Crippen molar-refractivity contribution in [1.82, 2.24) is 5.32 Å². The minimum atomic E-state index is -0.415. The maximum absolute atomic E-state index is 12.0. The van der Waals surface area contributed by atoms with Gasteiger partial charge in [-0.2, -0.15) is 0 Å². The highest BCUT2D eigenvalue weighted by Gasteiger charge is 2.16. The van der Waals surface area contributed by atoms with Crippen molar-refractivity contribution in [2.24, 2.45) is 0 Å². The zero-order valence-electron chi connectivity index (χ0n) is 13.4. The Morgan fingerprint density at radius 2 is 1.77 bits per heavy atom. The largest absolute Gasteiger partial charge is 0.462 e. The van der Waals surface area contributed by atoms with Crippen molar-refractivity contribution in [2.45, 2.75) is 58.0 Å². The van der Waals surface area contributed by atoms with E-state index < -0.39 is 5.97 Å². The first kappa shape index (κ1) is 16.5. The smallest absolute Gasteiger partial charge is 0.325 e. The van der Waals surface area contributed by atoms with Crippen molar-refractivity contribution in [3.8, 4) is 0 Å². The van der Waals surface area contributed by atoms with Gasteiger partial charge in [-0.25, -0.2) is 0 Å². The lowest BCUT2D eigenvalue weighted by molar-refractivity contribution is -0.146. The minimum absolute atomic E-state index is 0.0958. The topological polar surface area (TPSA) is 55.4 Å². The molecule has 2 rings (SSSR count). The van der Waals surface area contributed by atoms with E-state index in [-0.39, 0.29) is 18.6 Å². The molecular formula is C18H25NO3. The number of esters is 1. The van der Waals surface area contributed by atoms with Crippen LogP contribution in [0.2, 0.25) is 0 Å². The Morgan fingerprint density at radius 1 is 1.14 bits per heavy atom. The lowest BCUT2D eigenvalue weighted by Crippen LogP contribution is -2.31. The molecule has 22 heavy (non-hydrogen) atoms. The molecule has 0 aliphatic heterocycles. The van der Waals surface area contributed by atoms with Gasteiger partial charge in [0.15, 0.2) is 0 Å². The standard InChI is InChI=1S/C18H25NO3/c1-13(2)22-17(20)12-19-18(21)16-10-8-15(9-11-16)14-6-4-3-5-7-14/h8-11,13-14H,3-7,12H2,1-2H3,(H,19,21). The molecule has 1 fully saturated rings. The van der Waals surface area contributed by atoms with E-state index in [2.05, 4.69) is 5.32 Å². The molecule has 1 aliphatic carbocycles. The van der Waals surface area contributed by atoms with Gasteiger partial charge in [0.25, 0.3) is 5.91 Å². The molecule has 0 aromatic heterocycles. The molecule has 0 atom stereocenters. The predicted octanol–water partition coefficient (Wildman–Crippen LogP) is 3.42. The summed E-state index contributed by atoms with van der Waals surface area (Å²) in [6.07, 6.45) is 6.25. The maximum Gasteiger partial charge on any atom is 0.325 e. The van der Waals surface area contributed by atoms with Crippen LogP contribution in [0.5, 0.6) is 0 Å². The molecule has 4 nitrogen and oxygen atoms in total. The fraction of sp³-hybridized carbons (Fsp3) is 0.556. The molecule has 4 heteroatoms. The van der Waals surface area contributed by atoms with Gasteiger partial charge in [0.2, 0.25) is 0 Å². The van der Waals surface area contributed by atoms with Crippen molar-refractivity contribution in [3.63, 3.8) is 0 Å². The summed E-state index contributed by atoms with van der Waals surface area (Å²) in [6, 6.07) is 7.76. The molecule has 0 spiro atoms. The predicted molar refractivity (Wildman–Crippen MR) is 85.8 cm³/mol. The molecule has 1 aliphatic rings. The van der Waals surface area contributed by atoms with E-state index in [0.717, 1.165) is 0 Å². The number of carbonyl (C=O) groups excluding carboxylic acids is 2. The number of hydrogen-bond acceptors (Lipinski definition) is 3. The van der Waals surface area contributed by atoms with Crippen LogP contribution in [0.4, 0.5) is 0 Å². The van der Waals surface area contributed by atoms with Crippen molar-refractivity contribution in [2.75, 3.05) is 6.54 Å². The van der Waals surface area contributed by atoms with Crippen molar-refractivity contribution in [3.05, 3.63) is 35.4 Å². The second-order valence-electron chi connectivity index (χ2n) is 6.18. The van der Waals surface area contributed by atoms with Gasteiger partial charge in [0.05, 0.1) is 6.10 Å². The molecule has 0 saturated heterocycles. The number of benzene rings is 1. The van der Waals surface area contributed by atoms with Crippen molar-refractivity contribution in [1.29, 1.82) is 0 Å². The van der Waals surface area contributed by atoms with E-state index in [0.29, 0.717) is 11.5 Å². The van der Waals surface area contributed by atoms with Crippen LogP contribution < -0.4 is 5.32 Å². The van der Waals surface area contributed by atoms with Crippen LogP contribution in [-0.2, 0) is 9.53 Å². The quantitative estimate of drug-likeness (QED) is 0.848. The first-order chi connectivity index (χ1) is 10.6. The summed E-state index contributed by atoms with van der Waals surface area (Å²) in [5.41, 5.74) is 1.90. The van der Waals surface area contributed by atoms with Gasteiger partial charge < -0.3 is 10.1 Å². The van der Waals surface area contributed by atoms with Gasteiger partial charge >= 0.3 is 5.97 Å². The van der Waals surface area contributed by atoms with Gasteiger partial charge in [-0.3, -0.25) is 9.59 Å². The Hall–Kier alpha value is -1.84. The lowest BCUT2D eigenvalue weighted by atomic mass is 9.84. The third kappa shape index (κ3) is 4.86. The fourth-order valence-corrected chi connectivity index (χ4v) is 2.90. The number of hydrogen-bond donors (Lipinski definition) is 1. The summed E-state index contributed by atoms with van der Waals surface area (Å²) >= 11 is 0. The highest BCUT2D eigenvalue weighted by atomic mass is 16.5. The van der Waals surface area contributed by atoms with Crippen LogP contribution >= 0.6 is 0 Å². The highest BCUT2D eigenvalue weighted by Crippen LogP contribution is 2.32. The van der Waals surface area contributed by atoms with Crippen LogP contribution in [0.15, 0.2) is 24.3 Å². The van der Waals surface area contributed by atoms with Gasteiger partial charge in [-0.15, -0.1) is 0 Å². The van der Waals surface area contributed by atoms with E-state index in [1.54, 1.807) is 13.8 Å². The van der Waals surface area contributed by atoms with Crippen molar-refractivity contribution >= 4 is 11.9 Å². The molecule has 1 amide bonds. The normalized spacial score (nSPS) is 15.6. The third-order valence-electron chi connectivity index (χ3n) is 4.01.